The van der Waals surface area contributed by atoms with Crippen molar-refractivity contribution in [2.75, 3.05) is 6.61 Å². The van der Waals surface area contributed by atoms with Crippen LogP contribution in [-0.2, 0) is 11.3 Å². The predicted octanol–water partition coefficient (Wildman–Crippen LogP) is 1.71. The SMILES string of the molecule is O=C(O)c1ccc(COCC2CC2)nc1. The smallest absolute Gasteiger partial charge is 0.337 e. The van der Waals surface area contributed by atoms with Crippen molar-refractivity contribution in [3.63, 3.8) is 0 Å². The van der Waals surface area contributed by atoms with Gasteiger partial charge in [0.1, 0.15) is 0 Å². The summed E-state index contributed by atoms with van der Waals surface area (Å²) >= 11 is 0. The maximum absolute atomic E-state index is 10.6. The predicted molar refractivity (Wildman–Crippen MR) is 53.6 cm³/mol. The molecule has 1 fully saturated rings. The molecule has 4 nitrogen and oxygen atoms in total. The fraction of sp³-hybridized carbons (Fsp3) is 0.455. The van der Waals surface area contributed by atoms with Crippen LogP contribution in [-0.4, -0.2) is 22.7 Å². The number of carboxylic acid groups (broad SMARTS) is 1. The van der Waals surface area contributed by atoms with Gasteiger partial charge in [0.2, 0.25) is 0 Å². The van der Waals surface area contributed by atoms with E-state index in [1.807, 2.05) is 0 Å². The first-order valence-electron chi connectivity index (χ1n) is 5.01. The Morgan fingerprint density at radius 1 is 1.53 bits per heavy atom. The summed E-state index contributed by atoms with van der Waals surface area (Å²) in [7, 11) is 0. The van der Waals surface area contributed by atoms with Gasteiger partial charge in [0.15, 0.2) is 0 Å². The molecule has 80 valence electrons. The Hall–Kier alpha value is -1.42. The molecule has 1 aromatic heterocycles. The van der Waals surface area contributed by atoms with Gasteiger partial charge in [0.05, 0.1) is 17.9 Å². The van der Waals surface area contributed by atoms with E-state index in [4.69, 9.17) is 9.84 Å². The third-order valence-electron chi connectivity index (χ3n) is 2.37. The van der Waals surface area contributed by atoms with Crippen molar-refractivity contribution < 1.29 is 14.6 Å². The van der Waals surface area contributed by atoms with Crippen molar-refractivity contribution in [2.24, 2.45) is 5.92 Å². The van der Waals surface area contributed by atoms with Crippen LogP contribution in [0.3, 0.4) is 0 Å². The van der Waals surface area contributed by atoms with E-state index < -0.39 is 5.97 Å². The molecule has 1 aliphatic rings. The molecule has 0 aromatic carbocycles. The van der Waals surface area contributed by atoms with Crippen LogP contribution in [0.5, 0.6) is 0 Å². The van der Waals surface area contributed by atoms with Crippen molar-refractivity contribution in [2.45, 2.75) is 19.4 Å². The molecule has 0 spiro atoms. The van der Waals surface area contributed by atoms with Crippen LogP contribution in [0.25, 0.3) is 0 Å². The van der Waals surface area contributed by atoms with Crippen molar-refractivity contribution in [3.8, 4) is 0 Å². The van der Waals surface area contributed by atoms with Gasteiger partial charge in [-0.05, 0) is 30.9 Å². The Bertz CT molecular complexity index is 343. The quantitative estimate of drug-likeness (QED) is 0.798. The minimum atomic E-state index is -0.951. The molecular formula is C11H13NO3. The summed E-state index contributed by atoms with van der Waals surface area (Å²) in [6.07, 6.45) is 3.90. The number of carbonyl (C=O) groups is 1. The number of hydrogen-bond acceptors (Lipinski definition) is 3. The summed E-state index contributed by atoms with van der Waals surface area (Å²) in [5.41, 5.74) is 0.988. The monoisotopic (exact) mass is 207 g/mol. The van der Waals surface area contributed by atoms with E-state index >= 15 is 0 Å². The first kappa shape index (κ1) is 10.1. The van der Waals surface area contributed by atoms with Crippen LogP contribution in [0.1, 0.15) is 28.9 Å². The van der Waals surface area contributed by atoms with E-state index in [0.29, 0.717) is 6.61 Å². The first-order chi connectivity index (χ1) is 7.25. The third-order valence-corrected chi connectivity index (χ3v) is 2.37. The van der Waals surface area contributed by atoms with Crippen LogP contribution < -0.4 is 0 Å². The van der Waals surface area contributed by atoms with Gasteiger partial charge in [-0.25, -0.2) is 4.79 Å². The molecule has 4 heteroatoms. The van der Waals surface area contributed by atoms with E-state index in [9.17, 15) is 4.79 Å². The lowest BCUT2D eigenvalue weighted by atomic mass is 10.2. The number of hydrogen-bond donors (Lipinski definition) is 1. The molecule has 1 saturated carbocycles. The molecule has 0 aliphatic heterocycles. The topological polar surface area (TPSA) is 59.4 Å². The normalized spacial score (nSPS) is 15.2. The number of carboxylic acids is 1. The Labute approximate surface area is 87.9 Å². The summed E-state index contributed by atoms with van der Waals surface area (Å²) in [4.78, 5) is 14.6. The van der Waals surface area contributed by atoms with Gasteiger partial charge in [0, 0.05) is 12.8 Å². The van der Waals surface area contributed by atoms with Crippen LogP contribution in [0.4, 0.5) is 0 Å². The zero-order valence-corrected chi connectivity index (χ0v) is 8.35. The fourth-order valence-corrected chi connectivity index (χ4v) is 1.25. The average molecular weight is 207 g/mol. The minimum absolute atomic E-state index is 0.209. The largest absolute Gasteiger partial charge is 0.478 e. The van der Waals surface area contributed by atoms with E-state index in [-0.39, 0.29) is 5.56 Å². The maximum atomic E-state index is 10.6. The van der Waals surface area contributed by atoms with Crippen LogP contribution in [0, 0.1) is 5.92 Å². The molecule has 0 saturated heterocycles. The molecule has 1 aromatic rings. The number of pyridine rings is 1. The molecule has 0 bridgehead atoms. The average Bonchev–Trinajstić information content (AvgIpc) is 3.02. The molecule has 1 heterocycles. The highest BCUT2D eigenvalue weighted by atomic mass is 16.5. The lowest BCUT2D eigenvalue weighted by Gasteiger charge is -2.02. The van der Waals surface area contributed by atoms with Crippen LogP contribution in [0.15, 0.2) is 18.3 Å². The fourth-order valence-electron chi connectivity index (χ4n) is 1.25. The van der Waals surface area contributed by atoms with Gasteiger partial charge in [-0.3, -0.25) is 4.98 Å². The third kappa shape index (κ3) is 3.02. The first-order valence-corrected chi connectivity index (χ1v) is 5.01. The summed E-state index contributed by atoms with van der Waals surface area (Å²) < 4.78 is 5.43. The van der Waals surface area contributed by atoms with E-state index in [2.05, 4.69) is 4.98 Å². The lowest BCUT2D eigenvalue weighted by Crippen LogP contribution is -2.01. The Morgan fingerprint density at radius 2 is 2.33 bits per heavy atom. The molecule has 0 radical (unpaired) electrons. The van der Waals surface area contributed by atoms with E-state index in [1.54, 1.807) is 12.1 Å². The summed E-state index contributed by atoms with van der Waals surface area (Å²) in [5.74, 6) is -0.212. The number of aromatic carboxylic acids is 1. The molecule has 2 rings (SSSR count). The highest BCUT2D eigenvalue weighted by molar-refractivity contribution is 5.87. The highest BCUT2D eigenvalue weighted by Gasteiger charge is 2.21. The van der Waals surface area contributed by atoms with Crippen molar-refractivity contribution in [3.05, 3.63) is 29.6 Å². The lowest BCUT2D eigenvalue weighted by molar-refractivity contribution is 0.0696. The Morgan fingerprint density at radius 3 is 2.87 bits per heavy atom. The Kier molecular flexibility index (Phi) is 2.97. The summed E-state index contributed by atoms with van der Waals surface area (Å²) in [6.45, 7) is 1.26. The Balaban J connectivity index is 1.83. The zero-order chi connectivity index (χ0) is 10.7. The summed E-state index contributed by atoms with van der Waals surface area (Å²) in [6, 6.07) is 3.24. The van der Waals surface area contributed by atoms with Crippen LogP contribution >= 0.6 is 0 Å². The molecular weight excluding hydrogens is 194 g/mol. The van der Waals surface area contributed by atoms with Gasteiger partial charge in [0.25, 0.3) is 0 Å². The molecule has 0 amide bonds. The van der Waals surface area contributed by atoms with Crippen molar-refractivity contribution in [1.82, 2.24) is 4.98 Å². The van der Waals surface area contributed by atoms with Crippen molar-refractivity contribution in [1.29, 1.82) is 0 Å². The van der Waals surface area contributed by atoms with E-state index in [1.165, 1.54) is 19.0 Å². The number of ether oxygens (including phenoxy) is 1. The number of nitrogens with zero attached hydrogens (tertiary/aromatic N) is 1. The molecule has 0 atom stereocenters. The second-order valence-electron chi connectivity index (χ2n) is 3.80. The van der Waals surface area contributed by atoms with E-state index in [0.717, 1.165) is 18.2 Å². The zero-order valence-electron chi connectivity index (χ0n) is 8.35. The van der Waals surface area contributed by atoms with Gasteiger partial charge >= 0.3 is 5.97 Å². The maximum Gasteiger partial charge on any atom is 0.337 e. The van der Waals surface area contributed by atoms with Gasteiger partial charge < -0.3 is 9.84 Å². The molecule has 1 N–H and O–H groups in total. The molecule has 1 aliphatic carbocycles. The number of rotatable bonds is 5. The standard InChI is InChI=1S/C11H13NO3/c13-11(14)9-3-4-10(12-5-9)7-15-6-8-1-2-8/h3-5,8H,1-2,6-7H2,(H,13,14). The van der Waals surface area contributed by atoms with Gasteiger partial charge in [-0.1, -0.05) is 0 Å². The van der Waals surface area contributed by atoms with Crippen LogP contribution in [0.2, 0.25) is 0 Å². The summed E-state index contributed by atoms with van der Waals surface area (Å²) in [5, 5.41) is 8.66. The second-order valence-corrected chi connectivity index (χ2v) is 3.80. The molecule has 15 heavy (non-hydrogen) atoms. The van der Waals surface area contributed by atoms with Gasteiger partial charge in [-0.2, -0.15) is 0 Å². The second kappa shape index (κ2) is 4.40. The van der Waals surface area contributed by atoms with Crippen molar-refractivity contribution >= 4 is 5.97 Å². The number of aromatic nitrogens is 1. The molecule has 0 unspecified atom stereocenters. The highest BCUT2D eigenvalue weighted by Crippen LogP contribution is 2.28. The van der Waals surface area contributed by atoms with Gasteiger partial charge in [-0.15, -0.1) is 0 Å². The minimum Gasteiger partial charge on any atom is -0.478 e.